The minimum atomic E-state index is -4.93. The number of carbonyl (C=O) groups excluding carboxylic acids is 3. The van der Waals surface area contributed by atoms with Crippen LogP contribution in [0, 0.1) is 11.7 Å². The van der Waals surface area contributed by atoms with Gasteiger partial charge in [0.15, 0.2) is 11.6 Å². The third-order valence-corrected chi connectivity index (χ3v) is 9.63. The van der Waals surface area contributed by atoms with Crippen LogP contribution in [0.5, 0.6) is 5.75 Å². The van der Waals surface area contributed by atoms with Gasteiger partial charge in [0.2, 0.25) is 23.6 Å². The number of pyridine rings is 1. The summed E-state index contributed by atoms with van der Waals surface area (Å²) in [5.74, 6) is -6.20. The van der Waals surface area contributed by atoms with E-state index in [1.54, 1.807) is 14.8 Å². The number of hydrogen-bond acceptors (Lipinski definition) is 12. The number of carboxylic acid groups (broad SMARTS) is 1. The number of anilines is 1. The van der Waals surface area contributed by atoms with Crippen molar-refractivity contribution in [3.63, 3.8) is 0 Å². The Labute approximate surface area is 296 Å². The lowest BCUT2D eigenvalue weighted by Gasteiger charge is -2.36. The number of ether oxygens (including phenoxy) is 3. The number of hydrogen-bond donors (Lipinski definition) is 6. The van der Waals surface area contributed by atoms with Gasteiger partial charge in [-0.2, -0.15) is 0 Å². The number of piperidine rings is 1. The molecule has 6 N–H and O–H groups in total. The molecule has 2 unspecified atom stereocenters. The number of carboxylic acids is 1. The van der Waals surface area contributed by atoms with Gasteiger partial charge in [-0.05, 0) is 44.1 Å². The second kappa shape index (κ2) is 17.1. The Balaban J connectivity index is 0.00000195. The van der Waals surface area contributed by atoms with E-state index in [4.69, 9.17) is 33.5 Å². The van der Waals surface area contributed by atoms with Gasteiger partial charge in [-0.15, -0.1) is 0 Å². The number of esters is 1. The number of nitrogens with one attached hydrogen (secondary N) is 1. The number of halogens is 1. The zero-order valence-corrected chi connectivity index (χ0v) is 29.8. The molecule has 19 nitrogen and oxygen atoms in total. The van der Waals surface area contributed by atoms with Crippen LogP contribution >= 0.6 is 16.3 Å². The van der Waals surface area contributed by atoms with E-state index in [1.165, 1.54) is 25.1 Å². The molecular formula is C30H39FN4O15P2. The van der Waals surface area contributed by atoms with Crippen LogP contribution in [0.25, 0.3) is 10.9 Å². The largest absolute Gasteiger partial charge is 0.492 e. The minimum Gasteiger partial charge on any atom is -0.492 e. The molecule has 3 fully saturated rings. The second-order valence-corrected chi connectivity index (χ2v) is 14.3. The van der Waals surface area contributed by atoms with Gasteiger partial charge in [-0.25, -0.2) is 18.5 Å². The van der Waals surface area contributed by atoms with Crippen molar-refractivity contribution < 1.29 is 71.8 Å². The van der Waals surface area contributed by atoms with E-state index in [-0.39, 0.29) is 54.6 Å². The van der Waals surface area contributed by atoms with Gasteiger partial charge in [0.1, 0.15) is 11.3 Å². The summed E-state index contributed by atoms with van der Waals surface area (Å²) < 4.78 is 53.2. The van der Waals surface area contributed by atoms with Gasteiger partial charge in [0.05, 0.1) is 24.1 Å². The fourth-order valence-electron chi connectivity index (χ4n) is 6.49. The van der Waals surface area contributed by atoms with Crippen LogP contribution in [0.1, 0.15) is 68.3 Å². The number of carbonyl (C=O) groups is 4. The van der Waals surface area contributed by atoms with E-state index in [0.29, 0.717) is 25.0 Å². The quantitative estimate of drug-likeness (QED) is 0.102. The summed E-state index contributed by atoms with van der Waals surface area (Å²) in [6, 6.07) is 0.583. The molecule has 1 aromatic heterocycles. The Morgan fingerprint density at radius 1 is 1.13 bits per heavy atom. The van der Waals surface area contributed by atoms with Crippen molar-refractivity contribution in [3.8, 4) is 5.75 Å². The Morgan fingerprint density at radius 3 is 2.40 bits per heavy atom. The van der Waals surface area contributed by atoms with E-state index < -0.39 is 75.3 Å². The first kappa shape index (κ1) is 40.6. The molecule has 2 amide bonds. The van der Waals surface area contributed by atoms with Crippen LogP contribution in [0.15, 0.2) is 17.1 Å². The molecule has 5 rings (SSSR count). The van der Waals surface area contributed by atoms with Gasteiger partial charge in [0, 0.05) is 51.6 Å². The maximum Gasteiger partial charge on any atom is 0.413 e. The van der Waals surface area contributed by atoms with Gasteiger partial charge < -0.3 is 58.8 Å². The van der Waals surface area contributed by atoms with Crippen molar-refractivity contribution in [2.45, 2.75) is 76.2 Å². The normalized spacial score (nSPS) is 19.6. The van der Waals surface area contributed by atoms with E-state index >= 15 is 4.39 Å². The maximum atomic E-state index is 15.9. The summed E-state index contributed by atoms with van der Waals surface area (Å²) in [6.45, 7) is 2.23. The van der Waals surface area contributed by atoms with Crippen LogP contribution < -0.4 is 20.4 Å². The van der Waals surface area contributed by atoms with Crippen LogP contribution in [-0.4, -0.2) is 103 Å². The number of methoxy groups -OCH3 is 1. The van der Waals surface area contributed by atoms with Crippen LogP contribution in [-0.2, 0) is 28.2 Å². The van der Waals surface area contributed by atoms with Crippen LogP contribution in [0.2, 0.25) is 0 Å². The van der Waals surface area contributed by atoms with E-state index in [9.17, 15) is 38.8 Å². The average Bonchev–Trinajstić information content (AvgIpc) is 3.81. The summed E-state index contributed by atoms with van der Waals surface area (Å²) in [4.78, 5) is 90.0. The summed E-state index contributed by atoms with van der Waals surface area (Å²) >= 11 is 0. The fourth-order valence-corrected chi connectivity index (χ4v) is 6.80. The summed E-state index contributed by atoms with van der Waals surface area (Å²) in [5, 5.41) is 20.5. The summed E-state index contributed by atoms with van der Waals surface area (Å²) in [7, 11) is -4.41. The SMILES string of the molecule is COc1c(N2C[C@@H]3CCCN(C(=O)OC(C)OC(=O)CCCC(=O)NC(O)P(=O)(O)O)[C@@H]3C2)c(F)cc2c(=O)c(C(=O)O)cn(C3CC3)c12.O=PO. The Bertz CT molecular complexity index is 1820. The van der Waals surface area contributed by atoms with Crippen molar-refractivity contribution in [3.05, 3.63) is 33.9 Å². The predicted octanol–water partition coefficient (Wildman–Crippen LogP) is 2.03. The van der Waals surface area contributed by atoms with Gasteiger partial charge >= 0.3 is 34.3 Å². The molecule has 52 heavy (non-hydrogen) atoms. The number of likely N-dealkylation sites (tertiary alicyclic amines) is 1. The Morgan fingerprint density at radius 2 is 1.81 bits per heavy atom. The molecule has 1 aliphatic carbocycles. The van der Waals surface area contributed by atoms with Crippen LogP contribution in [0.4, 0.5) is 14.9 Å². The molecule has 4 atom stereocenters. The third-order valence-electron chi connectivity index (χ3n) is 8.86. The third kappa shape index (κ3) is 9.42. The molecule has 1 aromatic carbocycles. The first-order valence-electron chi connectivity index (χ1n) is 16.1. The van der Waals surface area contributed by atoms with Gasteiger partial charge in [0.25, 0.3) is 0 Å². The standard InChI is InChI=1S/C30H38FN4O13P.HO2P/c1-15(47-23(37)7-3-6-22(36)32-29(41)49(43,44)45)48-30(42)34-10-4-5-16-12-33(14-21(16)34)25-20(31)11-18-24(27(25)46-2)35(17-8-9-17)13-19(26(18)38)28(39)40;1-3-2/h11,13,15-17,21,29,41H,3-10,12,14H2,1-2H3,(H,32,36)(H,39,40)(H2,43,44,45);(H,1,2)/t15?,16-,21+,29?;/m0./s1. The molecule has 0 spiro atoms. The molecular weight excluding hydrogens is 737 g/mol. The monoisotopic (exact) mass is 776 g/mol. The topological polar surface area (TPSA) is 272 Å². The van der Waals surface area contributed by atoms with Crippen molar-refractivity contribution in [1.29, 1.82) is 0 Å². The van der Waals surface area contributed by atoms with Crippen molar-refractivity contribution in [1.82, 2.24) is 14.8 Å². The average molecular weight is 777 g/mol. The van der Waals surface area contributed by atoms with Crippen molar-refractivity contribution >= 4 is 56.8 Å². The summed E-state index contributed by atoms with van der Waals surface area (Å²) in [5.41, 5.74) is -0.871. The lowest BCUT2D eigenvalue weighted by molar-refractivity contribution is -0.166. The number of benzene rings is 1. The number of rotatable bonds is 12. The molecule has 2 aliphatic heterocycles. The zero-order chi connectivity index (χ0) is 38.5. The highest BCUT2D eigenvalue weighted by Gasteiger charge is 2.44. The van der Waals surface area contributed by atoms with Gasteiger partial charge in [-0.3, -0.25) is 18.9 Å². The number of fused-ring (bicyclic) bond motifs is 2. The Kier molecular flexibility index (Phi) is 13.3. The first-order valence-corrected chi connectivity index (χ1v) is 18.6. The number of aromatic nitrogens is 1. The number of aliphatic hydroxyl groups excluding tert-OH is 1. The molecule has 0 bridgehead atoms. The number of nitrogens with zero attached hydrogens (tertiary/aromatic N) is 3. The van der Waals surface area contributed by atoms with Crippen molar-refractivity contribution in [2.24, 2.45) is 5.92 Å². The van der Waals surface area contributed by atoms with E-state index in [1.807, 2.05) is 0 Å². The Hall–Kier alpha value is -4.19. The highest BCUT2D eigenvalue weighted by molar-refractivity contribution is 7.52. The molecule has 2 saturated heterocycles. The number of amides is 2. The fraction of sp³-hybridized carbons (Fsp3) is 0.567. The van der Waals surface area contributed by atoms with Crippen LogP contribution in [0.3, 0.4) is 0 Å². The van der Waals surface area contributed by atoms with Gasteiger partial charge in [-0.1, -0.05) is 0 Å². The lowest BCUT2D eigenvalue weighted by Crippen LogP contribution is -2.49. The first-order chi connectivity index (χ1) is 24.5. The highest BCUT2D eigenvalue weighted by atomic mass is 31.2. The molecule has 286 valence electrons. The second-order valence-electron chi connectivity index (χ2n) is 12.4. The lowest BCUT2D eigenvalue weighted by atomic mass is 9.92. The molecule has 2 aromatic rings. The van der Waals surface area contributed by atoms with E-state index in [0.717, 1.165) is 25.3 Å². The summed E-state index contributed by atoms with van der Waals surface area (Å²) in [6.07, 6.45) is 1.43. The molecule has 3 heterocycles. The minimum absolute atomic E-state index is 0.0649. The molecule has 22 heteroatoms. The molecule has 0 radical (unpaired) electrons. The molecule has 3 aliphatic rings. The zero-order valence-electron chi connectivity index (χ0n) is 28.0. The molecule has 1 saturated carbocycles. The maximum absolute atomic E-state index is 15.9. The predicted molar refractivity (Wildman–Crippen MR) is 177 cm³/mol. The highest BCUT2D eigenvalue weighted by Crippen LogP contribution is 2.45. The van der Waals surface area contributed by atoms with Crippen molar-refractivity contribution in [2.75, 3.05) is 31.6 Å². The number of aliphatic hydroxyl groups is 1. The smallest absolute Gasteiger partial charge is 0.413 e. The number of aromatic carboxylic acids is 1. The van der Waals surface area contributed by atoms with E-state index in [2.05, 4.69) is 0 Å².